The number of quaternary nitrogens is 1. The van der Waals surface area contributed by atoms with Crippen molar-refractivity contribution in [3.63, 3.8) is 0 Å². The van der Waals surface area contributed by atoms with Crippen molar-refractivity contribution in [1.29, 1.82) is 0 Å². The molecule has 86 valence electrons. The van der Waals surface area contributed by atoms with Gasteiger partial charge in [-0.25, -0.2) is 8.42 Å². The summed E-state index contributed by atoms with van der Waals surface area (Å²) in [7, 11) is -2.85. The van der Waals surface area contributed by atoms with Crippen LogP contribution in [0.3, 0.4) is 0 Å². The Kier molecular flexibility index (Phi) is 2.50. The van der Waals surface area contributed by atoms with E-state index in [1.165, 1.54) is 0 Å². The summed E-state index contributed by atoms with van der Waals surface area (Å²) < 4.78 is 23.3. The lowest BCUT2D eigenvalue weighted by Crippen LogP contribution is -2.55. The number of carbonyl (C=O) groups is 1. The number of carboxylic acid groups (broad SMARTS) is 1. The second-order valence-electron chi connectivity index (χ2n) is 4.67. The highest BCUT2D eigenvalue weighted by atomic mass is 32.2. The Hall–Kier alpha value is -0.620. The highest BCUT2D eigenvalue weighted by Crippen LogP contribution is 2.27. The Morgan fingerprint density at radius 2 is 1.80 bits per heavy atom. The van der Waals surface area contributed by atoms with Gasteiger partial charge in [-0.15, -0.1) is 0 Å². The number of rotatable bonds is 1. The predicted octanol–water partition coefficient (Wildman–Crippen LogP) is -0.664. The summed E-state index contributed by atoms with van der Waals surface area (Å²) in [6.07, 6.45) is 0.690. The molecule has 0 saturated carbocycles. The summed E-state index contributed by atoms with van der Waals surface area (Å²) in [4.78, 5) is 10.8. The van der Waals surface area contributed by atoms with Gasteiger partial charge in [-0.2, -0.15) is 0 Å². The van der Waals surface area contributed by atoms with E-state index in [9.17, 15) is 13.2 Å². The molecule has 0 aromatic heterocycles. The van der Waals surface area contributed by atoms with Crippen LogP contribution < -0.4 is 0 Å². The lowest BCUT2D eigenvalue weighted by Gasteiger charge is -2.37. The number of hydrogen-bond donors (Lipinski definition) is 1. The average molecular weight is 234 g/mol. The van der Waals surface area contributed by atoms with Gasteiger partial charge in [0.1, 0.15) is 5.92 Å². The summed E-state index contributed by atoms with van der Waals surface area (Å²) >= 11 is 0. The zero-order valence-corrected chi connectivity index (χ0v) is 9.37. The number of aliphatic carboxylic acids is 1. The van der Waals surface area contributed by atoms with Crippen molar-refractivity contribution in [2.45, 2.75) is 6.42 Å². The molecular weight excluding hydrogens is 218 g/mol. The van der Waals surface area contributed by atoms with Crippen LogP contribution >= 0.6 is 0 Å². The third-order valence-corrected chi connectivity index (χ3v) is 5.27. The van der Waals surface area contributed by atoms with Gasteiger partial charge in [0, 0.05) is 6.42 Å². The molecule has 15 heavy (non-hydrogen) atoms. The Bertz CT molecular complexity index is 362. The summed E-state index contributed by atoms with van der Waals surface area (Å²) in [5.74, 6) is -0.567. The normalized spacial score (nSPS) is 32.9. The fourth-order valence-corrected chi connectivity index (χ4v) is 4.10. The van der Waals surface area contributed by atoms with Crippen LogP contribution in [0.2, 0.25) is 0 Å². The highest BCUT2D eigenvalue weighted by molar-refractivity contribution is 7.91. The van der Waals surface area contributed by atoms with Crippen molar-refractivity contribution in [2.24, 2.45) is 5.92 Å². The molecule has 0 radical (unpaired) electrons. The molecule has 0 aliphatic carbocycles. The van der Waals surface area contributed by atoms with E-state index in [-0.39, 0.29) is 17.4 Å². The quantitative estimate of drug-likeness (QED) is 0.611. The molecule has 0 amide bonds. The zero-order valence-electron chi connectivity index (χ0n) is 8.55. The van der Waals surface area contributed by atoms with Gasteiger partial charge in [-0.3, -0.25) is 4.79 Å². The molecule has 2 heterocycles. The van der Waals surface area contributed by atoms with Crippen molar-refractivity contribution >= 4 is 15.8 Å². The molecule has 2 fully saturated rings. The Morgan fingerprint density at radius 1 is 1.20 bits per heavy atom. The summed E-state index contributed by atoms with van der Waals surface area (Å²) in [5, 5.41) is 8.90. The molecule has 2 saturated heterocycles. The minimum absolute atomic E-state index is 0.222. The Labute approximate surface area is 89.2 Å². The smallest absolute Gasteiger partial charge is 0.312 e. The lowest BCUT2D eigenvalue weighted by atomic mass is 10.1. The molecule has 0 aromatic carbocycles. The van der Waals surface area contributed by atoms with Gasteiger partial charge >= 0.3 is 5.97 Å². The first-order valence-electron chi connectivity index (χ1n) is 5.21. The molecule has 1 N–H and O–H groups in total. The monoisotopic (exact) mass is 234 g/mol. The maximum atomic E-state index is 11.3. The first-order chi connectivity index (χ1) is 6.93. The second kappa shape index (κ2) is 3.45. The molecule has 1 atom stereocenters. The van der Waals surface area contributed by atoms with Crippen molar-refractivity contribution in [2.75, 3.05) is 37.7 Å². The SMILES string of the molecule is O=C(O)C1CC[N+]2(CCS(=O)(=O)CC2)C1. The van der Waals surface area contributed by atoms with E-state index in [1.807, 2.05) is 0 Å². The minimum atomic E-state index is -2.85. The van der Waals surface area contributed by atoms with Crippen molar-refractivity contribution in [3.8, 4) is 0 Å². The van der Waals surface area contributed by atoms with E-state index in [4.69, 9.17) is 5.11 Å². The van der Waals surface area contributed by atoms with E-state index in [1.54, 1.807) is 0 Å². The van der Waals surface area contributed by atoms with Crippen LogP contribution in [0.1, 0.15) is 6.42 Å². The predicted molar refractivity (Wildman–Crippen MR) is 54.1 cm³/mol. The minimum Gasteiger partial charge on any atom is -0.481 e. The van der Waals surface area contributed by atoms with Crippen LogP contribution in [0.5, 0.6) is 0 Å². The van der Waals surface area contributed by atoms with Crippen LogP contribution in [-0.4, -0.2) is 61.7 Å². The Morgan fingerprint density at radius 3 is 2.27 bits per heavy atom. The largest absolute Gasteiger partial charge is 0.481 e. The van der Waals surface area contributed by atoms with Gasteiger partial charge in [0.25, 0.3) is 0 Å². The van der Waals surface area contributed by atoms with E-state index >= 15 is 0 Å². The van der Waals surface area contributed by atoms with Crippen LogP contribution in [0.15, 0.2) is 0 Å². The number of sulfone groups is 1. The molecule has 2 aliphatic heterocycles. The van der Waals surface area contributed by atoms with Crippen molar-refractivity contribution in [1.82, 2.24) is 0 Å². The maximum absolute atomic E-state index is 11.3. The van der Waals surface area contributed by atoms with Gasteiger partial charge in [0.15, 0.2) is 9.84 Å². The summed E-state index contributed by atoms with van der Waals surface area (Å²) in [6, 6.07) is 0. The van der Waals surface area contributed by atoms with E-state index in [0.717, 1.165) is 6.54 Å². The molecule has 2 rings (SSSR count). The fourth-order valence-electron chi connectivity index (χ4n) is 2.57. The standard InChI is InChI=1S/C9H15NO4S/c11-9(12)8-1-2-10(7-8)3-5-15(13,14)6-4-10/h8H,1-7H2/p+1. The van der Waals surface area contributed by atoms with Crippen molar-refractivity contribution < 1.29 is 22.8 Å². The molecule has 0 bridgehead atoms. The number of hydrogen-bond acceptors (Lipinski definition) is 3. The van der Waals surface area contributed by atoms with Crippen LogP contribution in [0, 0.1) is 5.92 Å². The van der Waals surface area contributed by atoms with Crippen LogP contribution in [0.25, 0.3) is 0 Å². The Balaban J connectivity index is 2.04. The molecule has 6 heteroatoms. The van der Waals surface area contributed by atoms with Gasteiger partial charge in [0.05, 0.1) is 37.7 Å². The summed E-state index contributed by atoms with van der Waals surface area (Å²) in [6.45, 7) is 2.65. The van der Waals surface area contributed by atoms with Gasteiger partial charge in [-0.1, -0.05) is 0 Å². The van der Waals surface area contributed by atoms with Gasteiger partial charge in [0.2, 0.25) is 0 Å². The molecule has 1 spiro atoms. The number of carboxylic acids is 1. The number of nitrogens with zero attached hydrogens (tertiary/aromatic N) is 1. The summed E-state index contributed by atoms with van der Waals surface area (Å²) in [5.41, 5.74) is 0. The zero-order chi connectivity index (χ0) is 11.1. The van der Waals surface area contributed by atoms with E-state index in [2.05, 4.69) is 0 Å². The lowest BCUT2D eigenvalue weighted by molar-refractivity contribution is -0.914. The average Bonchev–Trinajstić information content (AvgIpc) is 2.56. The van der Waals surface area contributed by atoms with Gasteiger partial charge in [-0.05, 0) is 0 Å². The molecular formula is C9H16NO4S+. The fraction of sp³-hybridized carbons (Fsp3) is 0.889. The molecule has 1 unspecified atom stereocenters. The van der Waals surface area contributed by atoms with Gasteiger partial charge < -0.3 is 9.59 Å². The van der Waals surface area contributed by atoms with Crippen LogP contribution in [0.4, 0.5) is 0 Å². The topological polar surface area (TPSA) is 71.4 Å². The molecule has 0 aromatic rings. The van der Waals surface area contributed by atoms with E-state index in [0.29, 0.717) is 30.5 Å². The maximum Gasteiger partial charge on any atom is 0.312 e. The third kappa shape index (κ3) is 2.15. The van der Waals surface area contributed by atoms with E-state index < -0.39 is 15.8 Å². The third-order valence-electron chi connectivity index (χ3n) is 3.66. The van der Waals surface area contributed by atoms with Crippen LogP contribution in [-0.2, 0) is 14.6 Å². The molecule has 5 nitrogen and oxygen atoms in total. The first-order valence-corrected chi connectivity index (χ1v) is 7.03. The first kappa shape index (κ1) is 10.9. The molecule has 2 aliphatic rings. The second-order valence-corrected chi connectivity index (χ2v) is 6.97. The van der Waals surface area contributed by atoms with Crippen molar-refractivity contribution in [3.05, 3.63) is 0 Å². The highest BCUT2D eigenvalue weighted by Gasteiger charge is 2.44.